The van der Waals surface area contributed by atoms with Crippen LogP contribution in [0.1, 0.15) is 5.69 Å². The number of aromatic nitrogens is 2. The highest BCUT2D eigenvalue weighted by Gasteiger charge is 2.08. The van der Waals surface area contributed by atoms with E-state index in [9.17, 15) is 4.39 Å². The molecule has 1 aromatic carbocycles. The number of nitrogens with one attached hydrogen (secondary N) is 1. The Hall–Kier alpha value is -1.07. The maximum Gasteiger partial charge on any atom is 0.125 e. The number of benzene rings is 1. The van der Waals surface area contributed by atoms with Gasteiger partial charge in [-0.2, -0.15) is 0 Å². The average Bonchev–Trinajstić information content (AvgIpc) is 2.62. The molecule has 1 heterocycles. The van der Waals surface area contributed by atoms with Gasteiger partial charge in [0, 0.05) is 17.7 Å². The number of nitrogens with zero attached hydrogens (tertiary/aromatic N) is 2. The SMILES string of the molecule is Cn1cncc1CNc1c(Cl)cc(F)cc1Br. The molecule has 3 nitrogen and oxygen atoms in total. The van der Waals surface area contributed by atoms with Gasteiger partial charge in [-0.3, -0.25) is 0 Å². The van der Waals surface area contributed by atoms with Crippen LogP contribution in [0, 0.1) is 5.82 Å². The molecule has 0 bridgehead atoms. The first-order chi connectivity index (χ1) is 8.08. The number of hydrogen-bond acceptors (Lipinski definition) is 2. The van der Waals surface area contributed by atoms with E-state index < -0.39 is 0 Å². The van der Waals surface area contributed by atoms with Gasteiger partial charge in [0.25, 0.3) is 0 Å². The molecule has 90 valence electrons. The Morgan fingerprint density at radius 2 is 2.29 bits per heavy atom. The van der Waals surface area contributed by atoms with Crippen LogP contribution in [0.15, 0.2) is 29.1 Å². The average molecular weight is 319 g/mol. The molecule has 0 radical (unpaired) electrons. The molecule has 0 fully saturated rings. The van der Waals surface area contributed by atoms with Crippen LogP contribution in [0.5, 0.6) is 0 Å². The summed E-state index contributed by atoms with van der Waals surface area (Å²) in [4.78, 5) is 4.01. The second kappa shape index (κ2) is 5.06. The molecule has 0 aliphatic rings. The van der Waals surface area contributed by atoms with Crippen LogP contribution in [-0.2, 0) is 13.6 Å². The lowest BCUT2D eigenvalue weighted by atomic mass is 10.3. The molecule has 1 aromatic heterocycles. The Morgan fingerprint density at radius 1 is 1.53 bits per heavy atom. The zero-order chi connectivity index (χ0) is 12.4. The molecular weight excluding hydrogens is 308 g/mol. The van der Waals surface area contributed by atoms with Crippen LogP contribution < -0.4 is 5.32 Å². The minimum atomic E-state index is -0.368. The van der Waals surface area contributed by atoms with Gasteiger partial charge in [0.1, 0.15) is 5.82 Å². The Bertz CT molecular complexity index is 518. The summed E-state index contributed by atoms with van der Waals surface area (Å²) in [6.07, 6.45) is 3.48. The largest absolute Gasteiger partial charge is 0.377 e. The van der Waals surface area contributed by atoms with Crippen molar-refractivity contribution in [1.82, 2.24) is 9.55 Å². The molecular formula is C11H10BrClFN3. The quantitative estimate of drug-likeness (QED) is 0.937. The van der Waals surface area contributed by atoms with Crippen molar-refractivity contribution in [2.45, 2.75) is 6.54 Å². The first-order valence-electron chi connectivity index (χ1n) is 4.91. The first-order valence-corrected chi connectivity index (χ1v) is 6.08. The number of halogens is 3. The van der Waals surface area contributed by atoms with E-state index in [2.05, 4.69) is 26.2 Å². The second-order valence-electron chi connectivity index (χ2n) is 3.59. The number of imidazole rings is 1. The lowest BCUT2D eigenvalue weighted by Crippen LogP contribution is -2.05. The molecule has 0 aliphatic carbocycles. The van der Waals surface area contributed by atoms with Gasteiger partial charge in [0.05, 0.1) is 29.3 Å². The number of rotatable bonds is 3. The van der Waals surface area contributed by atoms with Gasteiger partial charge in [-0.15, -0.1) is 0 Å². The van der Waals surface area contributed by atoms with Crippen molar-refractivity contribution in [1.29, 1.82) is 0 Å². The molecule has 0 unspecified atom stereocenters. The Labute approximate surface area is 112 Å². The fourth-order valence-electron chi connectivity index (χ4n) is 1.44. The van der Waals surface area contributed by atoms with Crippen molar-refractivity contribution in [3.8, 4) is 0 Å². The Kier molecular flexibility index (Phi) is 3.69. The highest BCUT2D eigenvalue weighted by Crippen LogP contribution is 2.31. The molecule has 2 aromatic rings. The van der Waals surface area contributed by atoms with E-state index in [4.69, 9.17) is 11.6 Å². The van der Waals surface area contributed by atoms with Crippen LogP contribution >= 0.6 is 27.5 Å². The van der Waals surface area contributed by atoms with Gasteiger partial charge in [-0.25, -0.2) is 9.37 Å². The summed E-state index contributed by atoms with van der Waals surface area (Å²) < 4.78 is 15.5. The van der Waals surface area contributed by atoms with Crippen molar-refractivity contribution in [2.75, 3.05) is 5.32 Å². The van der Waals surface area contributed by atoms with Crippen molar-refractivity contribution in [3.63, 3.8) is 0 Å². The van der Waals surface area contributed by atoms with Gasteiger partial charge in [-0.1, -0.05) is 11.6 Å². The lowest BCUT2D eigenvalue weighted by molar-refractivity contribution is 0.627. The van der Waals surface area contributed by atoms with Crippen LogP contribution in [0.4, 0.5) is 10.1 Å². The minimum absolute atomic E-state index is 0.346. The molecule has 0 aliphatic heterocycles. The summed E-state index contributed by atoms with van der Waals surface area (Å²) in [6.45, 7) is 0.570. The van der Waals surface area contributed by atoms with Crippen LogP contribution in [0.3, 0.4) is 0 Å². The van der Waals surface area contributed by atoms with Gasteiger partial charge < -0.3 is 9.88 Å². The van der Waals surface area contributed by atoms with Crippen LogP contribution in [-0.4, -0.2) is 9.55 Å². The fraction of sp³-hybridized carbons (Fsp3) is 0.182. The van der Waals surface area contributed by atoms with E-state index in [1.165, 1.54) is 12.1 Å². The van der Waals surface area contributed by atoms with Gasteiger partial charge in [-0.05, 0) is 28.1 Å². The zero-order valence-corrected chi connectivity index (χ0v) is 11.4. The molecule has 0 spiro atoms. The summed E-state index contributed by atoms with van der Waals surface area (Å²) in [6, 6.07) is 2.65. The lowest BCUT2D eigenvalue weighted by Gasteiger charge is -2.11. The monoisotopic (exact) mass is 317 g/mol. The summed E-state index contributed by atoms with van der Waals surface area (Å²) in [5.41, 5.74) is 1.69. The van der Waals surface area contributed by atoms with Crippen molar-refractivity contribution in [3.05, 3.63) is 45.7 Å². The maximum absolute atomic E-state index is 13.0. The first kappa shape index (κ1) is 12.4. The highest BCUT2D eigenvalue weighted by molar-refractivity contribution is 9.10. The molecule has 6 heteroatoms. The van der Waals surface area contributed by atoms with Gasteiger partial charge in [0.2, 0.25) is 0 Å². The van der Waals surface area contributed by atoms with Gasteiger partial charge >= 0.3 is 0 Å². The predicted molar refractivity (Wildman–Crippen MR) is 69.6 cm³/mol. The molecule has 0 amide bonds. The number of anilines is 1. The molecule has 0 saturated carbocycles. The van der Waals surface area contributed by atoms with Crippen LogP contribution in [0.2, 0.25) is 5.02 Å². The minimum Gasteiger partial charge on any atom is -0.377 e. The van der Waals surface area contributed by atoms with E-state index in [1.54, 1.807) is 12.5 Å². The van der Waals surface area contributed by atoms with E-state index >= 15 is 0 Å². The van der Waals surface area contributed by atoms with Gasteiger partial charge in [0.15, 0.2) is 0 Å². The zero-order valence-electron chi connectivity index (χ0n) is 9.04. The third kappa shape index (κ3) is 2.79. The third-order valence-corrected chi connectivity index (χ3v) is 3.29. The second-order valence-corrected chi connectivity index (χ2v) is 4.86. The fourth-order valence-corrected chi connectivity index (χ4v) is 2.40. The van der Waals surface area contributed by atoms with E-state index in [0.29, 0.717) is 21.7 Å². The van der Waals surface area contributed by atoms with E-state index in [1.807, 2.05) is 11.6 Å². The standard InChI is InChI=1S/C11H10BrClFN3/c1-17-6-15-4-8(17)5-16-11-9(12)2-7(14)3-10(11)13/h2-4,6,16H,5H2,1H3. The topological polar surface area (TPSA) is 29.9 Å². The van der Waals surface area contributed by atoms with Crippen LogP contribution in [0.25, 0.3) is 0 Å². The number of hydrogen-bond donors (Lipinski definition) is 1. The Balaban J connectivity index is 2.17. The summed E-state index contributed by atoms with van der Waals surface area (Å²) >= 11 is 9.23. The van der Waals surface area contributed by atoms with Crippen molar-refractivity contribution >= 4 is 33.2 Å². The van der Waals surface area contributed by atoms with E-state index in [0.717, 1.165) is 5.69 Å². The highest BCUT2D eigenvalue weighted by atomic mass is 79.9. The third-order valence-electron chi connectivity index (χ3n) is 2.37. The molecule has 1 N–H and O–H groups in total. The normalized spacial score (nSPS) is 10.6. The van der Waals surface area contributed by atoms with Crippen molar-refractivity contribution < 1.29 is 4.39 Å². The number of aryl methyl sites for hydroxylation is 1. The van der Waals surface area contributed by atoms with E-state index in [-0.39, 0.29) is 5.82 Å². The van der Waals surface area contributed by atoms with Crippen molar-refractivity contribution in [2.24, 2.45) is 7.05 Å². The molecule has 2 rings (SSSR count). The predicted octanol–water partition coefficient (Wildman–Crippen LogP) is 3.59. The summed E-state index contributed by atoms with van der Waals surface area (Å²) in [7, 11) is 1.91. The molecule has 0 atom stereocenters. The maximum atomic E-state index is 13.0. The summed E-state index contributed by atoms with van der Waals surface area (Å²) in [5, 5.41) is 3.49. The Morgan fingerprint density at radius 3 is 2.88 bits per heavy atom. The molecule has 0 saturated heterocycles. The molecule has 17 heavy (non-hydrogen) atoms. The smallest absolute Gasteiger partial charge is 0.125 e. The summed E-state index contributed by atoms with van der Waals surface area (Å²) in [5.74, 6) is -0.368.